The van der Waals surface area contributed by atoms with E-state index in [9.17, 15) is 8.42 Å². The maximum atomic E-state index is 12.3. The molecule has 0 fully saturated rings. The summed E-state index contributed by atoms with van der Waals surface area (Å²) in [5.41, 5.74) is 1.68. The molecule has 1 atom stereocenters. The Hall–Kier alpha value is -2.57. The van der Waals surface area contributed by atoms with Crippen LogP contribution in [-0.2, 0) is 14.3 Å². The van der Waals surface area contributed by atoms with Gasteiger partial charge in [-0.15, -0.1) is 0 Å². The molecule has 138 valence electrons. The van der Waals surface area contributed by atoms with E-state index in [2.05, 4.69) is 13.2 Å². The molecule has 6 heteroatoms. The van der Waals surface area contributed by atoms with Gasteiger partial charge in [-0.2, -0.15) is 8.42 Å². The Morgan fingerprint density at radius 3 is 2.38 bits per heavy atom. The molecule has 0 radical (unpaired) electrons. The molecule has 5 nitrogen and oxygen atoms in total. The Morgan fingerprint density at radius 2 is 1.81 bits per heavy atom. The Bertz CT molecular complexity index is 870. The molecule has 0 spiro atoms. The second kappa shape index (κ2) is 8.69. The van der Waals surface area contributed by atoms with Gasteiger partial charge in [0.15, 0.2) is 11.5 Å². The van der Waals surface area contributed by atoms with Crippen LogP contribution in [0.2, 0.25) is 0 Å². The van der Waals surface area contributed by atoms with Gasteiger partial charge in [0, 0.05) is 5.56 Å². The summed E-state index contributed by atoms with van der Waals surface area (Å²) in [7, 11) is -2.36. The van der Waals surface area contributed by atoms with Gasteiger partial charge in [-0.25, -0.2) is 0 Å². The summed E-state index contributed by atoms with van der Waals surface area (Å²) in [5.74, 6) is 0.960. The number of hydrogen-bond donors (Lipinski definition) is 0. The Labute approximate surface area is 154 Å². The first-order valence-electron chi connectivity index (χ1n) is 7.96. The summed E-state index contributed by atoms with van der Waals surface area (Å²) in [4.78, 5) is 0.0926. The summed E-state index contributed by atoms with van der Waals surface area (Å²) in [5, 5.41) is 0. The van der Waals surface area contributed by atoms with Crippen LogP contribution in [0.25, 0.3) is 6.08 Å². The van der Waals surface area contributed by atoms with Crippen LogP contribution in [0.4, 0.5) is 0 Å². The minimum Gasteiger partial charge on any atom is -0.493 e. The van der Waals surface area contributed by atoms with Gasteiger partial charge in [-0.05, 0) is 31.2 Å². The fourth-order valence-corrected chi connectivity index (χ4v) is 3.13. The quantitative estimate of drug-likeness (QED) is 0.491. The molecule has 1 unspecified atom stereocenters. The number of methoxy groups -OCH3 is 1. The van der Waals surface area contributed by atoms with E-state index in [4.69, 9.17) is 13.7 Å². The van der Waals surface area contributed by atoms with Crippen LogP contribution in [0.5, 0.6) is 11.5 Å². The highest BCUT2D eigenvalue weighted by atomic mass is 32.2. The van der Waals surface area contributed by atoms with Crippen molar-refractivity contribution in [2.45, 2.75) is 17.9 Å². The summed E-state index contributed by atoms with van der Waals surface area (Å²) in [6.45, 7) is 9.09. The molecule has 0 heterocycles. The highest BCUT2D eigenvalue weighted by molar-refractivity contribution is 7.86. The molecule has 0 saturated carbocycles. The third kappa shape index (κ3) is 4.74. The van der Waals surface area contributed by atoms with Crippen LogP contribution < -0.4 is 9.47 Å². The maximum Gasteiger partial charge on any atom is 0.297 e. The molecule has 0 saturated heterocycles. The molecule has 0 bridgehead atoms. The molecule has 0 aliphatic carbocycles. The highest BCUT2D eigenvalue weighted by Gasteiger charge is 2.20. The standard InChI is InChI=1S/C20H22O5S/c1-5-16-8-7-9-19(23-4)20(16)25-17(6-2)14-24-26(21,22)18-12-10-15(3)11-13-18/h5-13,17H,1-2,14H2,3-4H3. The molecule has 0 aromatic heterocycles. The third-order valence-corrected chi connectivity index (χ3v) is 4.97. The second-order valence-electron chi connectivity index (χ2n) is 5.53. The van der Waals surface area contributed by atoms with Crippen molar-refractivity contribution in [3.63, 3.8) is 0 Å². The number of rotatable bonds is 9. The lowest BCUT2D eigenvalue weighted by Gasteiger charge is -2.19. The van der Waals surface area contributed by atoms with E-state index < -0.39 is 16.2 Å². The molecule has 0 amide bonds. The smallest absolute Gasteiger partial charge is 0.297 e. The first kappa shape index (κ1) is 19.8. The van der Waals surface area contributed by atoms with Crippen LogP contribution in [0.1, 0.15) is 11.1 Å². The van der Waals surface area contributed by atoms with Crippen molar-refractivity contribution in [3.05, 3.63) is 72.8 Å². The summed E-state index contributed by atoms with van der Waals surface area (Å²) >= 11 is 0. The number of benzene rings is 2. The monoisotopic (exact) mass is 374 g/mol. The van der Waals surface area contributed by atoms with E-state index in [0.717, 1.165) is 11.1 Å². The van der Waals surface area contributed by atoms with Gasteiger partial charge in [0.25, 0.3) is 10.1 Å². The molecule has 0 aliphatic rings. The SMILES string of the molecule is C=Cc1cccc(OC)c1OC(C=C)COS(=O)(=O)c1ccc(C)cc1. The maximum absolute atomic E-state index is 12.3. The first-order chi connectivity index (χ1) is 12.4. The Morgan fingerprint density at radius 1 is 1.12 bits per heavy atom. The Kier molecular flexibility index (Phi) is 6.60. The zero-order valence-corrected chi connectivity index (χ0v) is 15.7. The van der Waals surface area contributed by atoms with E-state index in [-0.39, 0.29) is 11.5 Å². The van der Waals surface area contributed by atoms with Crippen LogP contribution in [0, 0.1) is 6.92 Å². The van der Waals surface area contributed by atoms with Crippen LogP contribution in [-0.4, -0.2) is 28.2 Å². The van der Waals surface area contributed by atoms with Gasteiger partial charge < -0.3 is 9.47 Å². The molecule has 0 aliphatic heterocycles. The lowest BCUT2D eigenvalue weighted by atomic mass is 10.2. The van der Waals surface area contributed by atoms with Gasteiger partial charge >= 0.3 is 0 Å². The molecular weight excluding hydrogens is 352 g/mol. The average molecular weight is 374 g/mol. The predicted octanol–water partition coefficient (Wildman–Crippen LogP) is 3.99. The van der Waals surface area contributed by atoms with Crippen molar-refractivity contribution in [2.75, 3.05) is 13.7 Å². The van der Waals surface area contributed by atoms with Gasteiger partial charge in [-0.3, -0.25) is 4.18 Å². The van der Waals surface area contributed by atoms with Crippen molar-refractivity contribution in [3.8, 4) is 11.5 Å². The lowest BCUT2D eigenvalue weighted by molar-refractivity contribution is 0.163. The van der Waals surface area contributed by atoms with Gasteiger partial charge in [0.05, 0.1) is 12.0 Å². The zero-order valence-electron chi connectivity index (χ0n) is 14.8. The summed E-state index contributed by atoms with van der Waals surface area (Å²) < 4.78 is 40.9. The molecular formula is C20H22O5S. The van der Waals surface area contributed by atoms with Crippen molar-refractivity contribution in [1.82, 2.24) is 0 Å². The molecule has 0 N–H and O–H groups in total. The normalized spacial score (nSPS) is 12.2. The lowest BCUT2D eigenvalue weighted by Crippen LogP contribution is -2.23. The topological polar surface area (TPSA) is 61.8 Å². The highest BCUT2D eigenvalue weighted by Crippen LogP contribution is 2.33. The molecule has 2 rings (SSSR count). The fraction of sp³-hybridized carbons (Fsp3) is 0.200. The van der Waals surface area contributed by atoms with Crippen molar-refractivity contribution < 1.29 is 22.1 Å². The van der Waals surface area contributed by atoms with Crippen molar-refractivity contribution in [1.29, 1.82) is 0 Å². The van der Waals surface area contributed by atoms with E-state index in [0.29, 0.717) is 11.5 Å². The minimum absolute atomic E-state index is 0.0926. The predicted molar refractivity (Wildman–Crippen MR) is 102 cm³/mol. The fourth-order valence-electron chi connectivity index (χ4n) is 2.21. The van der Waals surface area contributed by atoms with Crippen LogP contribution >= 0.6 is 0 Å². The van der Waals surface area contributed by atoms with Gasteiger partial charge in [0.1, 0.15) is 12.7 Å². The van der Waals surface area contributed by atoms with E-state index in [1.54, 1.807) is 24.3 Å². The van der Waals surface area contributed by atoms with Crippen LogP contribution in [0.3, 0.4) is 0 Å². The number of aryl methyl sites for hydroxylation is 1. The van der Waals surface area contributed by atoms with Gasteiger partial charge in [0.2, 0.25) is 0 Å². The summed E-state index contributed by atoms with van der Waals surface area (Å²) in [6.07, 6.45) is 2.41. The van der Waals surface area contributed by atoms with Crippen LogP contribution in [0.15, 0.2) is 66.6 Å². The number of hydrogen-bond acceptors (Lipinski definition) is 5. The van der Waals surface area contributed by atoms with E-state index in [1.165, 1.54) is 25.3 Å². The molecule has 26 heavy (non-hydrogen) atoms. The van der Waals surface area contributed by atoms with Gasteiger partial charge in [-0.1, -0.05) is 49.1 Å². The second-order valence-corrected chi connectivity index (χ2v) is 7.14. The van der Waals surface area contributed by atoms with Crippen molar-refractivity contribution >= 4 is 16.2 Å². The average Bonchev–Trinajstić information content (AvgIpc) is 2.65. The Balaban J connectivity index is 2.14. The minimum atomic E-state index is -3.89. The molecule has 2 aromatic carbocycles. The summed E-state index contributed by atoms with van der Waals surface area (Å²) in [6, 6.07) is 11.8. The zero-order chi connectivity index (χ0) is 19.2. The largest absolute Gasteiger partial charge is 0.493 e. The van der Waals surface area contributed by atoms with E-state index in [1.807, 2.05) is 19.1 Å². The number of para-hydroxylation sites is 1. The molecule has 2 aromatic rings. The van der Waals surface area contributed by atoms with E-state index >= 15 is 0 Å². The third-order valence-electron chi connectivity index (χ3n) is 3.68. The van der Waals surface area contributed by atoms with Crippen molar-refractivity contribution in [2.24, 2.45) is 0 Å². The number of ether oxygens (including phenoxy) is 2. The first-order valence-corrected chi connectivity index (χ1v) is 9.37.